The lowest BCUT2D eigenvalue weighted by Crippen LogP contribution is -2.27. The first kappa shape index (κ1) is 24.2. The number of amides is 2. The van der Waals surface area contributed by atoms with Crippen molar-refractivity contribution in [3.8, 4) is 0 Å². The summed E-state index contributed by atoms with van der Waals surface area (Å²) in [6.07, 6.45) is 4.63. The van der Waals surface area contributed by atoms with Gasteiger partial charge >= 0.3 is 0 Å². The van der Waals surface area contributed by atoms with E-state index in [2.05, 4.69) is 20.6 Å². The molecule has 2 rings (SSSR count). The minimum atomic E-state index is -0.369. The van der Waals surface area contributed by atoms with E-state index in [1.54, 1.807) is 54.8 Å². The zero-order valence-electron chi connectivity index (χ0n) is 18.5. The predicted octanol–water partition coefficient (Wildman–Crippen LogP) is 0.428. The van der Waals surface area contributed by atoms with E-state index in [1.807, 2.05) is 0 Å². The molecule has 12 nitrogen and oxygen atoms in total. The lowest BCUT2D eigenvalue weighted by Gasteiger charge is -2.05. The maximum absolute atomic E-state index is 12.7. The van der Waals surface area contributed by atoms with Gasteiger partial charge in [0.2, 0.25) is 0 Å². The van der Waals surface area contributed by atoms with Crippen molar-refractivity contribution >= 4 is 40.7 Å². The molecular formula is C20H30N10O2. The van der Waals surface area contributed by atoms with Crippen LogP contribution in [-0.4, -0.2) is 52.0 Å². The maximum Gasteiger partial charge on any atom is 0.272 e. The molecule has 0 aromatic carbocycles. The van der Waals surface area contributed by atoms with Crippen molar-refractivity contribution < 1.29 is 9.59 Å². The molecule has 0 aliphatic carbocycles. The van der Waals surface area contributed by atoms with Crippen molar-refractivity contribution in [2.24, 2.45) is 41.3 Å². The summed E-state index contributed by atoms with van der Waals surface area (Å²) in [5, 5.41) is 12.9. The van der Waals surface area contributed by atoms with E-state index in [0.717, 1.165) is 0 Å². The number of carbonyl (C=O) groups excluding carboxylic acids is 2. The fourth-order valence-corrected chi connectivity index (χ4v) is 2.96. The first-order chi connectivity index (χ1) is 15.1. The number of nitrogens with one attached hydrogen (secondary N) is 3. The van der Waals surface area contributed by atoms with E-state index >= 15 is 0 Å². The molecule has 9 N–H and O–H groups in total. The Labute approximate surface area is 186 Å². The molecule has 2 aromatic heterocycles. The first-order valence-corrected chi connectivity index (χ1v) is 9.90. The van der Waals surface area contributed by atoms with Gasteiger partial charge in [-0.15, -0.1) is 0 Å². The van der Waals surface area contributed by atoms with Crippen molar-refractivity contribution in [1.82, 2.24) is 14.5 Å². The number of rotatable bonds is 10. The Bertz CT molecular complexity index is 1060. The van der Waals surface area contributed by atoms with Crippen molar-refractivity contribution in [3.63, 3.8) is 0 Å². The standard InChI is InChI=1S/C20H30N10O2/c1-25-17(23)5-4-6-26-19(31)14-8-13(11-29(14)2)28-20(32)15-7-12(10-30(15)3)27-18(24)9-16(21)22/h7-8,10-11H,4-6,9H2,1-3H3,(H3,21,22)(H2,23,25)(H2,24,27)(H,26,31)(H,28,32). The van der Waals surface area contributed by atoms with E-state index in [4.69, 9.17) is 22.6 Å². The smallest absolute Gasteiger partial charge is 0.272 e. The van der Waals surface area contributed by atoms with Gasteiger partial charge in [0.25, 0.3) is 11.8 Å². The molecule has 32 heavy (non-hydrogen) atoms. The van der Waals surface area contributed by atoms with Crippen LogP contribution in [0.3, 0.4) is 0 Å². The third-order valence-corrected chi connectivity index (χ3v) is 4.55. The zero-order valence-corrected chi connectivity index (χ0v) is 18.5. The molecule has 0 atom stereocenters. The summed E-state index contributed by atoms with van der Waals surface area (Å²) in [5.41, 5.74) is 18.4. The monoisotopic (exact) mass is 442 g/mol. The van der Waals surface area contributed by atoms with Crippen molar-refractivity contribution in [2.45, 2.75) is 19.3 Å². The van der Waals surface area contributed by atoms with Crippen LogP contribution in [0, 0.1) is 5.41 Å². The summed E-state index contributed by atoms with van der Waals surface area (Å²) in [6, 6.07) is 3.17. The number of hydrogen-bond donors (Lipinski definition) is 6. The summed E-state index contributed by atoms with van der Waals surface area (Å²) in [7, 11) is 5.05. The number of amidine groups is 3. The normalized spacial score (nSPS) is 12.0. The molecule has 2 amide bonds. The highest BCUT2D eigenvalue weighted by molar-refractivity contribution is 6.05. The molecule has 0 aliphatic heterocycles. The fraction of sp³-hybridized carbons (Fsp3) is 0.350. The van der Waals surface area contributed by atoms with Crippen LogP contribution in [0.4, 0.5) is 11.4 Å². The number of nitrogens with two attached hydrogens (primary N) is 3. The molecule has 0 radical (unpaired) electrons. The number of carbonyl (C=O) groups is 2. The van der Waals surface area contributed by atoms with Crippen LogP contribution in [0.15, 0.2) is 34.5 Å². The Hall–Kier alpha value is -4.09. The van der Waals surface area contributed by atoms with Gasteiger partial charge in [-0.3, -0.25) is 20.0 Å². The highest BCUT2D eigenvalue weighted by atomic mass is 16.2. The Balaban J connectivity index is 2.02. The summed E-state index contributed by atoms with van der Waals surface area (Å²) in [6.45, 7) is 0.460. The molecule has 0 fully saturated rings. The first-order valence-electron chi connectivity index (χ1n) is 9.90. The molecule has 12 heteroatoms. The second kappa shape index (κ2) is 10.8. The van der Waals surface area contributed by atoms with Gasteiger partial charge in [0.1, 0.15) is 17.2 Å². The topological polar surface area (TPSA) is 195 Å². The Morgan fingerprint density at radius 3 is 2.34 bits per heavy atom. The van der Waals surface area contributed by atoms with Gasteiger partial charge < -0.3 is 37.0 Å². The van der Waals surface area contributed by atoms with E-state index in [0.29, 0.717) is 48.0 Å². The summed E-state index contributed by atoms with van der Waals surface area (Å²) < 4.78 is 3.24. The van der Waals surface area contributed by atoms with Crippen LogP contribution in [0.5, 0.6) is 0 Å². The van der Waals surface area contributed by atoms with Gasteiger partial charge in [0.05, 0.1) is 29.5 Å². The lowest BCUT2D eigenvalue weighted by molar-refractivity contribution is 0.0944. The molecule has 0 unspecified atom stereocenters. The van der Waals surface area contributed by atoms with Crippen molar-refractivity contribution in [3.05, 3.63) is 35.9 Å². The summed E-state index contributed by atoms with van der Waals surface area (Å²) in [4.78, 5) is 33.2. The largest absolute Gasteiger partial charge is 0.387 e. The molecule has 0 bridgehead atoms. The number of nitrogens with zero attached hydrogens (tertiary/aromatic N) is 4. The van der Waals surface area contributed by atoms with Crippen LogP contribution >= 0.6 is 0 Å². The predicted molar refractivity (Wildman–Crippen MR) is 126 cm³/mol. The second-order valence-corrected chi connectivity index (χ2v) is 7.25. The molecule has 172 valence electrons. The summed E-state index contributed by atoms with van der Waals surface area (Å²) in [5.74, 6) is 0.00281. The Morgan fingerprint density at radius 2 is 1.69 bits per heavy atom. The maximum atomic E-state index is 12.7. The van der Waals surface area contributed by atoms with Gasteiger partial charge in [-0.25, -0.2) is 4.99 Å². The molecule has 0 aliphatic rings. The van der Waals surface area contributed by atoms with Crippen LogP contribution in [0.2, 0.25) is 0 Å². The molecule has 2 aromatic rings. The highest BCUT2D eigenvalue weighted by Crippen LogP contribution is 2.19. The van der Waals surface area contributed by atoms with E-state index < -0.39 is 0 Å². The number of aromatic nitrogens is 2. The Kier molecular flexibility index (Phi) is 8.16. The van der Waals surface area contributed by atoms with E-state index in [1.165, 1.54) is 0 Å². The van der Waals surface area contributed by atoms with Gasteiger partial charge in [0.15, 0.2) is 0 Å². The van der Waals surface area contributed by atoms with E-state index in [-0.39, 0.29) is 29.9 Å². The van der Waals surface area contributed by atoms with Gasteiger partial charge in [0, 0.05) is 46.5 Å². The molecule has 0 saturated carbocycles. The minimum Gasteiger partial charge on any atom is -0.387 e. The molecule has 0 saturated heterocycles. The van der Waals surface area contributed by atoms with Crippen molar-refractivity contribution in [1.29, 1.82) is 5.41 Å². The fourth-order valence-electron chi connectivity index (χ4n) is 2.96. The third-order valence-electron chi connectivity index (χ3n) is 4.55. The quantitative estimate of drug-likeness (QED) is 0.176. The Morgan fingerprint density at radius 1 is 1.03 bits per heavy atom. The molecule has 2 heterocycles. The lowest BCUT2D eigenvalue weighted by atomic mass is 10.3. The van der Waals surface area contributed by atoms with Crippen LogP contribution in [-0.2, 0) is 14.1 Å². The highest BCUT2D eigenvalue weighted by Gasteiger charge is 2.16. The number of aryl methyl sites for hydroxylation is 2. The van der Waals surface area contributed by atoms with Crippen molar-refractivity contribution in [2.75, 3.05) is 18.9 Å². The van der Waals surface area contributed by atoms with Gasteiger partial charge in [-0.05, 0) is 18.6 Å². The number of aliphatic imine (C=N–C) groups is 2. The molecular weight excluding hydrogens is 412 g/mol. The van der Waals surface area contributed by atoms with E-state index in [9.17, 15) is 9.59 Å². The van der Waals surface area contributed by atoms with Gasteiger partial charge in [-0.1, -0.05) is 0 Å². The second-order valence-electron chi connectivity index (χ2n) is 7.25. The average Bonchev–Trinajstić information content (AvgIpc) is 3.25. The average molecular weight is 443 g/mol. The van der Waals surface area contributed by atoms with Crippen LogP contribution in [0.1, 0.15) is 40.2 Å². The third kappa shape index (κ3) is 6.72. The van der Waals surface area contributed by atoms with Crippen LogP contribution < -0.4 is 27.8 Å². The number of anilines is 1. The van der Waals surface area contributed by atoms with Crippen LogP contribution in [0.25, 0.3) is 0 Å². The number of hydrogen-bond acceptors (Lipinski definition) is 5. The minimum absolute atomic E-state index is 0.0465. The molecule has 0 spiro atoms. The summed E-state index contributed by atoms with van der Waals surface area (Å²) >= 11 is 0. The SMILES string of the molecule is CN=C(N)CCCNC(=O)c1cc(NC(=O)c2cc(N=C(N)CC(=N)N)cn2C)cn1C. The zero-order chi connectivity index (χ0) is 23.8. The van der Waals surface area contributed by atoms with Gasteiger partial charge in [-0.2, -0.15) is 0 Å².